The van der Waals surface area contributed by atoms with Gasteiger partial charge in [0, 0.05) is 6.20 Å². The maximum Gasteiger partial charge on any atom is 0.387 e. The molecule has 2 heterocycles. The van der Waals surface area contributed by atoms with Crippen LogP contribution in [0, 0.1) is 6.92 Å². The van der Waals surface area contributed by atoms with Crippen LogP contribution >= 0.6 is 27.3 Å². The van der Waals surface area contributed by atoms with E-state index in [4.69, 9.17) is 0 Å². The van der Waals surface area contributed by atoms with Crippen molar-refractivity contribution in [1.29, 1.82) is 0 Å². The second kappa shape index (κ2) is 6.81. The lowest BCUT2D eigenvalue weighted by Gasteiger charge is -2.02. The van der Waals surface area contributed by atoms with Gasteiger partial charge in [0.05, 0.1) is 20.4 Å². The molecule has 10 heteroatoms. The predicted molar refractivity (Wildman–Crippen MR) is 89.5 cm³/mol. The van der Waals surface area contributed by atoms with Crippen LogP contribution in [0.25, 0.3) is 10.2 Å². The van der Waals surface area contributed by atoms with Crippen molar-refractivity contribution in [2.24, 2.45) is 0 Å². The number of carbonyl (C=O) groups is 1. The van der Waals surface area contributed by atoms with Gasteiger partial charge in [-0.2, -0.15) is 13.9 Å². The van der Waals surface area contributed by atoms with Gasteiger partial charge < -0.3 is 10.1 Å². The third kappa shape index (κ3) is 3.88. The molecule has 1 aromatic carbocycles. The van der Waals surface area contributed by atoms with Crippen LogP contribution < -0.4 is 10.1 Å². The molecule has 0 spiro atoms. The number of anilines is 1. The minimum atomic E-state index is -2.88. The summed E-state index contributed by atoms with van der Waals surface area (Å²) in [4.78, 5) is 16.3. The molecule has 0 fully saturated rings. The number of alkyl halides is 2. The highest BCUT2D eigenvalue weighted by Crippen LogP contribution is 2.29. The molecule has 1 amide bonds. The van der Waals surface area contributed by atoms with E-state index in [0.717, 1.165) is 10.2 Å². The highest BCUT2D eigenvalue weighted by molar-refractivity contribution is 9.10. The van der Waals surface area contributed by atoms with Crippen molar-refractivity contribution in [3.8, 4) is 5.75 Å². The van der Waals surface area contributed by atoms with Gasteiger partial charge in [-0.15, -0.1) is 0 Å². The number of thiazole rings is 1. The molecule has 3 rings (SSSR count). The number of hydrogen-bond donors (Lipinski definition) is 1. The summed E-state index contributed by atoms with van der Waals surface area (Å²) in [6.45, 7) is -1.01. The molecule has 0 aliphatic heterocycles. The van der Waals surface area contributed by atoms with Crippen molar-refractivity contribution < 1.29 is 18.3 Å². The largest absolute Gasteiger partial charge is 0.435 e. The number of nitrogens with zero attached hydrogens (tertiary/aromatic N) is 3. The highest BCUT2D eigenvalue weighted by Gasteiger charge is 2.12. The van der Waals surface area contributed by atoms with Gasteiger partial charge in [0.25, 0.3) is 0 Å². The molecule has 6 nitrogen and oxygen atoms in total. The predicted octanol–water partition coefficient (Wildman–Crippen LogP) is 3.80. The van der Waals surface area contributed by atoms with Crippen LogP contribution in [0.15, 0.2) is 28.9 Å². The van der Waals surface area contributed by atoms with Crippen molar-refractivity contribution in [1.82, 2.24) is 14.8 Å². The number of fused-ring (bicyclic) bond motifs is 1. The van der Waals surface area contributed by atoms with Crippen LogP contribution in [0.5, 0.6) is 5.75 Å². The second-order valence-electron chi connectivity index (χ2n) is 4.84. The number of amides is 1. The summed E-state index contributed by atoms with van der Waals surface area (Å²) in [5.41, 5.74) is 1.38. The molecule has 0 aliphatic carbocycles. The SMILES string of the molecule is Cc1nn(CC(=O)Nc2nc3ccc(OC(F)F)cc3s2)cc1Br. The number of halogens is 3. The summed E-state index contributed by atoms with van der Waals surface area (Å²) in [6, 6.07) is 4.43. The maximum absolute atomic E-state index is 12.2. The molecule has 0 bridgehead atoms. The molecule has 24 heavy (non-hydrogen) atoms. The van der Waals surface area contributed by atoms with Crippen molar-refractivity contribution in [3.63, 3.8) is 0 Å². The summed E-state index contributed by atoms with van der Waals surface area (Å²) >= 11 is 4.51. The van der Waals surface area contributed by atoms with Crippen molar-refractivity contribution in [2.45, 2.75) is 20.1 Å². The van der Waals surface area contributed by atoms with E-state index in [1.54, 1.807) is 12.3 Å². The van der Waals surface area contributed by atoms with Crippen LogP contribution in [-0.2, 0) is 11.3 Å². The first-order valence-corrected chi connectivity index (χ1v) is 8.36. The highest BCUT2D eigenvalue weighted by atomic mass is 79.9. The van der Waals surface area contributed by atoms with E-state index in [1.807, 2.05) is 6.92 Å². The molecule has 126 valence electrons. The van der Waals surface area contributed by atoms with E-state index >= 15 is 0 Å². The lowest BCUT2D eigenvalue weighted by atomic mass is 10.3. The summed E-state index contributed by atoms with van der Waals surface area (Å²) in [5.74, 6) is -0.232. The van der Waals surface area contributed by atoms with Crippen LogP contribution in [-0.4, -0.2) is 27.3 Å². The van der Waals surface area contributed by atoms with Gasteiger partial charge in [0.15, 0.2) is 5.13 Å². The Morgan fingerprint density at radius 1 is 1.50 bits per heavy atom. The molecular formula is C14H11BrF2N4O2S. The standard InChI is InChI=1S/C14H11BrF2N4O2S/c1-7-9(15)5-21(20-7)6-12(22)19-14-18-10-3-2-8(23-13(16)17)4-11(10)24-14/h2-5,13H,6H2,1H3,(H,18,19,22). The van der Waals surface area contributed by atoms with Gasteiger partial charge in [-0.1, -0.05) is 11.3 Å². The Bertz CT molecular complexity index is 877. The number of carbonyl (C=O) groups excluding carboxylic acids is 1. The number of benzene rings is 1. The van der Waals surface area contributed by atoms with Gasteiger partial charge >= 0.3 is 6.61 Å². The molecule has 0 aliphatic rings. The van der Waals surface area contributed by atoms with Crippen molar-refractivity contribution in [3.05, 3.63) is 34.6 Å². The Labute approximate surface area is 147 Å². The lowest BCUT2D eigenvalue weighted by Crippen LogP contribution is -2.18. The van der Waals surface area contributed by atoms with Crippen LogP contribution in [0.1, 0.15) is 5.69 Å². The topological polar surface area (TPSA) is 69.0 Å². The normalized spacial score (nSPS) is 11.2. The lowest BCUT2D eigenvalue weighted by molar-refractivity contribution is -0.116. The Kier molecular flexibility index (Phi) is 4.76. The van der Waals surface area contributed by atoms with E-state index in [2.05, 4.69) is 36.1 Å². The molecule has 3 aromatic rings. The van der Waals surface area contributed by atoms with Gasteiger partial charge in [-0.05, 0) is 41.1 Å². The molecule has 0 radical (unpaired) electrons. The first kappa shape index (κ1) is 16.8. The summed E-state index contributed by atoms with van der Waals surface area (Å²) in [7, 11) is 0. The summed E-state index contributed by atoms with van der Waals surface area (Å²) < 4.78 is 31.8. The average molecular weight is 417 g/mol. The first-order valence-electron chi connectivity index (χ1n) is 6.75. The Balaban J connectivity index is 1.71. The summed E-state index contributed by atoms with van der Waals surface area (Å²) in [6.07, 6.45) is 1.71. The fourth-order valence-corrected chi connectivity index (χ4v) is 3.24. The Morgan fingerprint density at radius 3 is 2.96 bits per heavy atom. The third-order valence-electron chi connectivity index (χ3n) is 3.02. The van der Waals surface area contributed by atoms with E-state index in [-0.39, 0.29) is 18.2 Å². The smallest absolute Gasteiger partial charge is 0.387 e. The van der Waals surface area contributed by atoms with E-state index in [9.17, 15) is 13.6 Å². The zero-order valence-corrected chi connectivity index (χ0v) is 14.7. The average Bonchev–Trinajstić information content (AvgIpc) is 3.00. The van der Waals surface area contributed by atoms with E-state index in [1.165, 1.54) is 28.2 Å². The van der Waals surface area contributed by atoms with Crippen molar-refractivity contribution in [2.75, 3.05) is 5.32 Å². The monoisotopic (exact) mass is 416 g/mol. The van der Waals surface area contributed by atoms with Crippen molar-refractivity contribution >= 4 is 48.5 Å². The molecular weight excluding hydrogens is 406 g/mol. The maximum atomic E-state index is 12.2. The van der Waals surface area contributed by atoms with Gasteiger partial charge in [0.1, 0.15) is 12.3 Å². The number of rotatable bonds is 5. The quantitative estimate of drug-likeness (QED) is 0.686. The van der Waals surface area contributed by atoms with E-state index < -0.39 is 6.61 Å². The minimum absolute atomic E-state index is 0.0438. The van der Waals surface area contributed by atoms with Gasteiger partial charge in [0.2, 0.25) is 5.91 Å². The molecule has 2 aromatic heterocycles. The summed E-state index contributed by atoms with van der Waals surface area (Å²) in [5, 5.41) is 7.23. The zero-order valence-electron chi connectivity index (χ0n) is 12.3. The second-order valence-corrected chi connectivity index (χ2v) is 6.72. The van der Waals surface area contributed by atoms with E-state index in [0.29, 0.717) is 15.3 Å². The van der Waals surface area contributed by atoms with Gasteiger partial charge in [-0.25, -0.2) is 4.98 Å². The molecule has 0 atom stereocenters. The number of aryl methyl sites for hydroxylation is 1. The number of ether oxygens (including phenoxy) is 1. The Hall–Kier alpha value is -2.07. The minimum Gasteiger partial charge on any atom is -0.435 e. The molecule has 0 saturated heterocycles. The number of hydrogen-bond acceptors (Lipinski definition) is 5. The first-order chi connectivity index (χ1) is 11.4. The van der Waals surface area contributed by atoms with Crippen LogP contribution in [0.3, 0.4) is 0 Å². The zero-order chi connectivity index (χ0) is 17.3. The Morgan fingerprint density at radius 2 is 2.29 bits per heavy atom. The molecule has 1 N–H and O–H groups in total. The fraction of sp³-hybridized carbons (Fsp3) is 0.214. The van der Waals surface area contributed by atoms with Crippen LogP contribution in [0.4, 0.5) is 13.9 Å². The third-order valence-corrected chi connectivity index (χ3v) is 4.74. The molecule has 0 saturated carbocycles. The fourth-order valence-electron chi connectivity index (χ4n) is 2.02. The molecule has 0 unspecified atom stereocenters. The van der Waals surface area contributed by atoms with Gasteiger partial charge in [-0.3, -0.25) is 9.48 Å². The number of nitrogens with one attached hydrogen (secondary N) is 1. The van der Waals surface area contributed by atoms with Crippen LogP contribution in [0.2, 0.25) is 0 Å². The number of aromatic nitrogens is 3.